The first-order chi connectivity index (χ1) is 10.8. The van der Waals surface area contributed by atoms with Crippen LogP contribution in [0.2, 0.25) is 0 Å². The number of aromatic nitrogens is 1. The van der Waals surface area contributed by atoms with Gasteiger partial charge in [0, 0.05) is 13.2 Å². The van der Waals surface area contributed by atoms with Crippen molar-refractivity contribution in [2.45, 2.75) is 20.5 Å². The van der Waals surface area contributed by atoms with Gasteiger partial charge in [-0.25, -0.2) is 0 Å². The minimum Gasteiger partial charge on any atom is -0.487 e. The van der Waals surface area contributed by atoms with Crippen LogP contribution in [0.25, 0.3) is 0 Å². The number of carbonyl (C=O) groups is 1. The van der Waals surface area contributed by atoms with Gasteiger partial charge in [-0.3, -0.25) is 9.78 Å². The number of amides is 1. The maximum atomic E-state index is 11.4. The van der Waals surface area contributed by atoms with Gasteiger partial charge in [0.2, 0.25) is 5.91 Å². The molecule has 1 aromatic carbocycles. The molecule has 1 N–H and O–H groups in total. The molecule has 0 fully saturated rings. The first kappa shape index (κ1) is 17.7. The molecule has 0 saturated heterocycles. The zero-order valence-corrected chi connectivity index (χ0v) is 13.2. The number of hydrogen-bond acceptors (Lipinski definition) is 4. The van der Waals surface area contributed by atoms with E-state index in [1.807, 2.05) is 44.2 Å². The Morgan fingerprint density at radius 1 is 1.18 bits per heavy atom. The zero-order valence-electron chi connectivity index (χ0n) is 13.2. The zero-order chi connectivity index (χ0) is 16.2. The van der Waals surface area contributed by atoms with Crippen molar-refractivity contribution in [3.8, 4) is 5.75 Å². The van der Waals surface area contributed by atoms with Crippen molar-refractivity contribution in [3.63, 3.8) is 0 Å². The molecular weight excluding hydrogens is 280 g/mol. The van der Waals surface area contributed by atoms with Gasteiger partial charge in [-0.05, 0) is 5.56 Å². The van der Waals surface area contributed by atoms with Gasteiger partial charge < -0.3 is 14.8 Å². The number of nitrogens with zero attached hydrogens (tertiary/aromatic N) is 1. The van der Waals surface area contributed by atoms with Crippen molar-refractivity contribution in [2.24, 2.45) is 0 Å². The lowest BCUT2D eigenvalue weighted by molar-refractivity contribution is -0.119. The summed E-state index contributed by atoms with van der Waals surface area (Å²) in [7, 11) is 1.47. The van der Waals surface area contributed by atoms with E-state index in [1.165, 1.54) is 7.11 Å². The van der Waals surface area contributed by atoms with Crippen molar-refractivity contribution in [1.82, 2.24) is 4.98 Å². The van der Waals surface area contributed by atoms with Crippen LogP contribution in [0.15, 0.2) is 48.8 Å². The van der Waals surface area contributed by atoms with Crippen LogP contribution in [0, 0.1) is 0 Å². The van der Waals surface area contributed by atoms with E-state index in [1.54, 1.807) is 18.5 Å². The maximum Gasteiger partial charge on any atom is 0.250 e. The molecule has 0 atom stereocenters. The van der Waals surface area contributed by atoms with E-state index in [9.17, 15) is 4.79 Å². The molecule has 1 heterocycles. The number of benzene rings is 1. The number of rotatable bonds is 6. The van der Waals surface area contributed by atoms with Crippen LogP contribution in [0.5, 0.6) is 5.75 Å². The first-order valence-corrected chi connectivity index (χ1v) is 7.18. The van der Waals surface area contributed by atoms with Crippen LogP contribution in [0.1, 0.15) is 19.4 Å². The third-order valence-corrected chi connectivity index (χ3v) is 2.52. The molecule has 0 radical (unpaired) electrons. The highest BCUT2D eigenvalue weighted by atomic mass is 16.5. The van der Waals surface area contributed by atoms with Crippen LogP contribution in [0.4, 0.5) is 5.69 Å². The number of hydrogen-bond donors (Lipinski definition) is 1. The van der Waals surface area contributed by atoms with E-state index in [4.69, 9.17) is 9.47 Å². The Hall–Kier alpha value is -2.40. The van der Waals surface area contributed by atoms with Gasteiger partial charge in [0.15, 0.2) is 0 Å². The Balaban J connectivity index is 0.00000116. The van der Waals surface area contributed by atoms with Gasteiger partial charge in [0.05, 0.1) is 18.1 Å². The summed E-state index contributed by atoms with van der Waals surface area (Å²) in [5.41, 5.74) is 1.65. The predicted molar refractivity (Wildman–Crippen MR) is 86.9 cm³/mol. The average molecular weight is 302 g/mol. The molecular formula is C17H22N2O3. The van der Waals surface area contributed by atoms with Crippen LogP contribution in [-0.4, -0.2) is 24.6 Å². The lowest BCUT2D eigenvalue weighted by Gasteiger charge is -2.08. The van der Waals surface area contributed by atoms with E-state index >= 15 is 0 Å². The summed E-state index contributed by atoms with van der Waals surface area (Å²) < 4.78 is 10.4. The Kier molecular flexibility index (Phi) is 8.30. The van der Waals surface area contributed by atoms with Crippen LogP contribution >= 0.6 is 0 Å². The third-order valence-electron chi connectivity index (χ3n) is 2.52. The van der Waals surface area contributed by atoms with Crippen LogP contribution < -0.4 is 10.1 Å². The van der Waals surface area contributed by atoms with Crippen LogP contribution in [0.3, 0.4) is 0 Å². The molecule has 5 heteroatoms. The normalized spacial score (nSPS) is 9.41. The molecule has 0 spiro atoms. The molecule has 0 aliphatic carbocycles. The fourth-order valence-corrected chi connectivity index (χ4v) is 1.64. The lowest BCUT2D eigenvalue weighted by Crippen LogP contribution is -2.17. The SMILES string of the molecule is CC.COCC(=O)Nc1cncc(OCc2ccccc2)c1. The Labute approximate surface area is 131 Å². The van der Waals surface area contributed by atoms with Gasteiger partial charge in [0.25, 0.3) is 0 Å². The van der Waals surface area contributed by atoms with Gasteiger partial charge in [0.1, 0.15) is 19.0 Å². The minimum absolute atomic E-state index is 0.00903. The molecule has 118 valence electrons. The molecule has 1 amide bonds. The van der Waals surface area contributed by atoms with E-state index in [0.717, 1.165) is 5.56 Å². The topological polar surface area (TPSA) is 60.5 Å². The number of ether oxygens (including phenoxy) is 2. The Morgan fingerprint density at radius 3 is 2.59 bits per heavy atom. The summed E-state index contributed by atoms with van der Waals surface area (Å²) in [6.45, 7) is 4.47. The summed E-state index contributed by atoms with van der Waals surface area (Å²) in [6, 6.07) is 11.6. The number of pyridine rings is 1. The number of carbonyl (C=O) groups excluding carboxylic acids is 1. The molecule has 2 rings (SSSR count). The summed E-state index contributed by atoms with van der Waals surface area (Å²) in [6.07, 6.45) is 3.16. The fourth-order valence-electron chi connectivity index (χ4n) is 1.64. The summed E-state index contributed by atoms with van der Waals surface area (Å²) in [4.78, 5) is 15.4. The standard InChI is InChI=1S/C15H16N2O3.C2H6/c1-19-11-15(18)17-13-7-14(9-16-8-13)20-10-12-5-3-2-4-6-12;1-2/h2-9H,10-11H2,1H3,(H,17,18);1-2H3. The summed E-state index contributed by atoms with van der Waals surface area (Å²) in [5.74, 6) is 0.374. The fraction of sp³-hybridized carbons (Fsp3) is 0.294. The van der Waals surface area contributed by atoms with Crippen molar-refractivity contribution in [2.75, 3.05) is 19.0 Å². The highest BCUT2D eigenvalue weighted by molar-refractivity contribution is 5.91. The monoisotopic (exact) mass is 302 g/mol. The number of methoxy groups -OCH3 is 1. The lowest BCUT2D eigenvalue weighted by atomic mass is 10.2. The second-order valence-electron chi connectivity index (χ2n) is 4.16. The highest BCUT2D eigenvalue weighted by Gasteiger charge is 2.03. The van der Waals surface area contributed by atoms with Crippen molar-refractivity contribution in [3.05, 3.63) is 54.4 Å². The maximum absolute atomic E-state index is 11.4. The molecule has 2 aromatic rings. The second kappa shape index (κ2) is 10.3. The van der Waals surface area contributed by atoms with Gasteiger partial charge in [-0.2, -0.15) is 0 Å². The van der Waals surface area contributed by atoms with E-state index in [2.05, 4.69) is 10.3 Å². The van der Waals surface area contributed by atoms with Crippen molar-refractivity contribution < 1.29 is 14.3 Å². The largest absolute Gasteiger partial charge is 0.487 e. The summed E-state index contributed by atoms with van der Waals surface area (Å²) >= 11 is 0. The quantitative estimate of drug-likeness (QED) is 0.889. The van der Waals surface area contributed by atoms with E-state index in [-0.39, 0.29) is 12.5 Å². The molecule has 0 bridgehead atoms. The Morgan fingerprint density at radius 2 is 1.91 bits per heavy atom. The van der Waals surface area contributed by atoms with E-state index < -0.39 is 0 Å². The predicted octanol–water partition coefficient (Wildman–Crippen LogP) is 3.27. The Bertz CT molecular complexity index is 559. The second-order valence-corrected chi connectivity index (χ2v) is 4.16. The molecule has 0 aliphatic rings. The molecule has 0 saturated carbocycles. The average Bonchev–Trinajstić information content (AvgIpc) is 2.56. The highest BCUT2D eigenvalue weighted by Crippen LogP contribution is 2.16. The molecule has 0 aliphatic heterocycles. The first-order valence-electron chi connectivity index (χ1n) is 7.18. The summed E-state index contributed by atoms with van der Waals surface area (Å²) in [5, 5.41) is 2.67. The van der Waals surface area contributed by atoms with Crippen molar-refractivity contribution in [1.29, 1.82) is 0 Å². The third kappa shape index (κ3) is 6.37. The van der Waals surface area contributed by atoms with Gasteiger partial charge >= 0.3 is 0 Å². The molecule has 0 unspecified atom stereocenters. The molecule has 1 aromatic heterocycles. The van der Waals surface area contributed by atoms with Gasteiger partial charge in [-0.15, -0.1) is 0 Å². The van der Waals surface area contributed by atoms with Crippen molar-refractivity contribution >= 4 is 11.6 Å². The van der Waals surface area contributed by atoms with Crippen LogP contribution in [-0.2, 0) is 16.1 Å². The molecule has 5 nitrogen and oxygen atoms in total. The van der Waals surface area contributed by atoms with E-state index in [0.29, 0.717) is 18.0 Å². The number of anilines is 1. The smallest absolute Gasteiger partial charge is 0.250 e. The van der Waals surface area contributed by atoms with Gasteiger partial charge in [-0.1, -0.05) is 44.2 Å². The minimum atomic E-state index is -0.227. The molecule has 22 heavy (non-hydrogen) atoms. The number of nitrogens with one attached hydrogen (secondary N) is 1.